The average molecular weight is 472 g/mol. The lowest BCUT2D eigenvalue weighted by atomic mass is 10.2. The fraction of sp³-hybridized carbons (Fsp3) is 0.667. The van der Waals surface area contributed by atoms with Gasteiger partial charge in [-0.1, -0.05) is 19.6 Å². The predicted molar refractivity (Wildman–Crippen MR) is 118 cm³/mol. The third-order valence-electron chi connectivity index (χ3n) is 5.36. The highest BCUT2D eigenvalue weighted by Gasteiger charge is 2.39. The van der Waals surface area contributed by atoms with E-state index in [1.54, 1.807) is 0 Å². The molecule has 1 saturated carbocycles. The van der Waals surface area contributed by atoms with Gasteiger partial charge < -0.3 is 20.3 Å². The molecule has 3 atom stereocenters. The summed E-state index contributed by atoms with van der Waals surface area (Å²) in [6, 6.07) is 0.372. The first-order chi connectivity index (χ1) is 14.4. The van der Waals surface area contributed by atoms with Crippen LogP contribution in [0.1, 0.15) is 23.3 Å². The van der Waals surface area contributed by atoms with Crippen molar-refractivity contribution < 1.29 is 28.2 Å². The molecule has 13 heteroatoms. The Hall–Kier alpha value is -2.09. The second-order valence-corrected chi connectivity index (χ2v) is 17.1. The normalized spacial score (nSPS) is 22.2. The van der Waals surface area contributed by atoms with E-state index in [1.165, 1.54) is 11.0 Å². The molecule has 1 fully saturated rings. The molecule has 11 nitrogen and oxygen atoms in total. The smallest absolute Gasteiger partial charge is 0.357 e. The minimum Gasteiger partial charge on any atom is -0.476 e. The third-order valence-corrected chi connectivity index (χ3v) is 8.66. The summed E-state index contributed by atoms with van der Waals surface area (Å²) in [5.74, 6) is -1.06. The first-order valence-electron chi connectivity index (χ1n) is 10.0. The Morgan fingerprint density at radius 3 is 2.61 bits per heavy atom. The number of rotatable bonds is 9. The van der Waals surface area contributed by atoms with Gasteiger partial charge in [0.1, 0.15) is 28.7 Å². The van der Waals surface area contributed by atoms with E-state index in [-0.39, 0.29) is 42.1 Å². The summed E-state index contributed by atoms with van der Waals surface area (Å²) < 4.78 is 30.8. The molecular formula is C18H29N5O6SSi. The molecule has 0 bridgehead atoms. The molecule has 0 saturated heterocycles. The molecule has 0 unspecified atom stereocenters. The first kappa shape index (κ1) is 23.6. The molecule has 0 radical (unpaired) electrons. The van der Waals surface area contributed by atoms with Gasteiger partial charge in [0.2, 0.25) is 0 Å². The summed E-state index contributed by atoms with van der Waals surface area (Å²) in [4.78, 5) is 20.1. The summed E-state index contributed by atoms with van der Waals surface area (Å²) in [5, 5.41) is 26.6. The van der Waals surface area contributed by atoms with Gasteiger partial charge in [0.05, 0.1) is 22.8 Å². The van der Waals surface area contributed by atoms with Gasteiger partial charge in [-0.05, 0) is 18.9 Å². The topological polar surface area (TPSA) is 157 Å². The Labute approximate surface area is 181 Å². The summed E-state index contributed by atoms with van der Waals surface area (Å²) in [5.41, 5.74) is 0.0501. The molecule has 2 aromatic rings. The number of carbonyl (C=O) groups is 1. The van der Waals surface area contributed by atoms with Crippen molar-refractivity contribution in [1.82, 2.24) is 19.7 Å². The Morgan fingerprint density at radius 1 is 1.32 bits per heavy atom. The van der Waals surface area contributed by atoms with Crippen molar-refractivity contribution in [2.75, 3.05) is 18.2 Å². The number of ether oxygens (including phenoxy) is 1. The number of aromatic carboxylic acids is 1. The third kappa shape index (κ3) is 5.59. The molecule has 0 aromatic carbocycles. The summed E-state index contributed by atoms with van der Waals surface area (Å²) >= 11 is 0. The second kappa shape index (κ2) is 8.80. The van der Waals surface area contributed by atoms with Gasteiger partial charge in [-0.25, -0.2) is 27.9 Å². The molecule has 3 rings (SSSR count). The monoisotopic (exact) mass is 471 g/mol. The number of carboxylic acid groups (broad SMARTS) is 1. The van der Waals surface area contributed by atoms with Crippen LogP contribution in [0.3, 0.4) is 0 Å². The lowest BCUT2D eigenvalue weighted by Crippen LogP contribution is -2.28. The van der Waals surface area contributed by atoms with Crippen molar-refractivity contribution >= 4 is 40.7 Å². The number of sulfone groups is 1. The van der Waals surface area contributed by atoms with Crippen molar-refractivity contribution in [3.63, 3.8) is 0 Å². The minimum absolute atomic E-state index is 0.0485. The van der Waals surface area contributed by atoms with Crippen molar-refractivity contribution in [2.45, 2.75) is 62.7 Å². The number of aliphatic hydroxyl groups is 1. The van der Waals surface area contributed by atoms with Crippen LogP contribution in [0.15, 0.2) is 6.33 Å². The van der Waals surface area contributed by atoms with Crippen LogP contribution in [-0.4, -0.2) is 82.7 Å². The molecule has 0 amide bonds. The zero-order chi connectivity index (χ0) is 23.0. The van der Waals surface area contributed by atoms with E-state index in [9.17, 15) is 23.4 Å². The van der Waals surface area contributed by atoms with Crippen molar-refractivity contribution in [3.8, 4) is 0 Å². The Kier molecular flexibility index (Phi) is 6.69. The number of nitrogens with zero attached hydrogens (tertiary/aromatic N) is 4. The Bertz CT molecular complexity index is 1070. The molecule has 0 aliphatic heterocycles. The van der Waals surface area contributed by atoms with E-state index < -0.39 is 41.3 Å². The van der Waals surface area contributed by atoms with Gasteiger partial charge in [0.25, 0.3) is 0 Å². The van der Waals surface area contributed by atoms with Crippen LogP contribution in [0.25, 0.3) is 11.0 Å². The Balaban J connectivity index is 1.86. The maximum atomic E-state index is 11.9. The van der Waals surface area contributed by atoms with Crippen LogP contribution in [0.2, 0.25) is 25.7 Å². The minimum atomic E-state index is -3.30. The number of aromatic nitrogens is 4. The maximum absolute atomic E-state index is 11.9. The van der Waals surface area contributed by atoms with Crippen molar-refractivity contribution in [2.24, 2.45) is 0 Å². The SMILES string of the molecule is C[Si](C)(C)CCOCn1nc(C(=O)O)c2c(N[C@@H]3C[C@@H](S(C)(=O)=O)C[C@H]3O)ncnc21. The first-order valence-corrected chi connectivity index (χ1v) is 15.7. The molecule has 2 aromatic heterocycles. The van der Waals surface area contributed by atoms with E-state index in [4.69, 9.17) is 4.74 Å². The largest absolute Gasteiger partial charge is 0.476 e. The number of nitrogens with one attached hydrogen (secondary N) is 1. The molecule has 0 spiro atoms. The Morgan fingerprint density at radius 2 is 2.03 bits per heavy atom. The number of fused-ring (bicyclic) bond motifs is 1. The molecule has 31 heavy (non-hydrogen) atoms. The van der Waals surface area contributed by atoms with Crippen LogP contribution in [-0.2, 0) is 21.3 Å². The van der Waals surface area contributed by atoms with E-state index in [1.807, 2.05) is 0 Å². The van der Waals surface area contributed by atoms with Crippen LogP contribution in [0, 0.1) is 0 Å². The fourth-order valence-electron chi connectivity index (χ4n) is 3.54. The highest BCUT2D eigenvalue weighted by molar-refractivity contribution is 7.91. The van der Waals surface area contributed by atoms with Gasteiger partial charge in [-0.3, -0.25) is 0 Å². The number of anilines is 1. The predicted octanol–water partition coefficient (Wildman–Crippen LogP) is 1.19. The highest BCUT2D eigenvalue weighted by Crippen LogP contribution is 2.30. The van der Waals surface area contributed by atoms with Gasteiger partial charge in [-0.2, -0.15) is 5.10 Å². The zero-order valence-corrected chi connectivity index (χ0v) is 19.9. The fourth-order valence-corrected chi connectivity index (χ4v) is 5.40. The molecule has 2 heterocycles. The van der Waals surface area contributed by atoms with Crippen molar-refractivity contribution in [1.29, 1.82) is 0 Å². The number of aliphatic hydroxyl groups excluding tert-OH is 1. The van der Waals surface area contributed by atoms with Crippen LogP contribution < -0.4 is 5.32 Å². The lowest BCUT2D eigenvalue weighted by Gasteiger charge is -2.17. The summed E-state index contributed by atoms with van der Waals surface area (Å²) in [6.45, 7) is 7.29. The molecular weight excluding hydrogens is 442 g/mol. The molecule has 172 valence electrons. The molecule has 1 aliphatic carbocycles. The lowest BCUT2D eigenvalue weighted by molar-refractivity contribution is 0.0675. The highest BCUT2D eigenvalue weighted by atomic mass is 32.2. The van der Waals surface area contributed by atoms with Crippen LogP contribution in [0.4, 0.5) is 5.82 Å². The number of hydrogen-bond donors (Lipinski definition) is 3. The molecule has 3 N–H and O–H groups in total. The maximum Gasteiger partial charge on any atom is 0.357 e. The average Bonchev–Trinajstić information content (AvgIpc) is 3.20. The van der Waals surface area contributed by atoms with Gasteiger partial charge in [0.15, 0.2) is 11.3 Å². The standard InChI is InChI=1S/C18H29N5O6SSi/c1-30(27,28)11-7-12(13(24)8-11)21-16-14-15(18(25)26)22-23(17(14)20-9-19-16)10-29-5-6-31(2,3)4/h9,11-13,24H,5-8,10H2,1-4H3,(H,25,26)(H,19,20,21)/t11-,12-,13-/m1/s1. The van der Waals surface area contributed by atoms with Gasteiger partial charge in [0, 0.05) is 20.9 Å². The van der Waals surface area contributed by atoms with Gasteiger partial charge >= 0.3 is 5.97 Å². The van der Waals surface area contributed by atoms with E-state index in [2.05, 4.69) is 40.0 Å². The summed E-state index contributed by atoms with van der Waals surface area (Å²) in [7, 11) is -4.57. The van der Waals surface area contributed by atoms with Crippen LogP contribution in [0.5, 0.6) is 0 Å². The second-order valence-electron chi connectivity index (χ2n) is 9.16. The van der Waals surface area contributed by atoms with E-state index in [0.29, 0.717) is 6.61 Å². The number of carboxylic acids is 1. The quantitative estimate of drug-likeness (QED) is 0.358. The zero-order valence-electron chi connectivity index (χ0n) is 18.1. The van der Waals surface area contributed by atoms with E-state index in [0.717, 1.165) is 12.3 Å². The van der Waals surface area contributed by atoms with Crippen molar-refractivity contribution in [3.05, 3.63) is 12.0 Å². The van der Waals surface area contributed by atoms with Gasteiger partial charge in [-0.15, -0.1) is 0 Å². The number of hydrogen-bond acceptors (Lipinski definition) is 9. The summed E-state index contributed by atoms with van der Waals surface area (Å²) in [6.07, 6.45) is 1.82. The van der Waals surface area contributed by atoms with Crippen LogP contribution >= 0.6 is 0 Å². The molecule has 1 aliphatic rings. The van der Waals surface area contributed by atoms with E-state index >= 15 is 0 Å².